The normalized spacial score (nSPS) is 9.87. The van der Waals surface area contributed by atoms with Gasteiger partial charge in [-0.15, -0.1) is 11.8 Å². The number of hydrogen-bond donors (Lipinski definition) is 0. The zero-order valence-electron chi connectivity index (χ0n) is 7.76. The lowest BCUT2D eigenvalue weighted by atomic mass is 10.2. The molecular weight excluding hydrogens is 216 g/mol. The van der Waals surface area contributed by atoms with Gasteiger partial charge in [-0.25, -0.2) is 0 Å². The first-order chi connectivity index (χ1) is 7.11. The van der Waals surface area contributed by atoms with Crippen LogP contribution in [0, 0.1) is 0 Å². The van der Waals surface area contributed by atoms with E-state index in [1.54, 1.807) is 18.2 Å². The third kappa shape index (κ3) is 3.63. The second-order valence-corrected chi connectivity index (χ2v) is 3.89. The van der Waals surface area contributed by atoms with Gasteiger partial charge >= 0.3 is 0 Å². The Morgan fingerprint density at radius 2 is 1.87 bits per heavy atom. The molecule has 0 saturated heterocycles. The maximum absolute atomic E-state index is 10.7. The lowest BCUT2D eigenvalue weighted by Gasteiger charge is -2.09. The third-order valence-corrected chi connectivity index (χ3v) is 2.75. The topological polar surface area (TPSA) is 80.3 Å². The summed E-state index contributed by atoms with van der Waals surface area (Å²) in [5.41, 5.74) is 0.0841. The molecule has 0 aliphatic heterocycles. The van der Waals surface area contributed by atoms with Crippen LogP contribution in [0.3, 0.4) is 0 Å². The number of rotatable bonds is 5. The maximum atomic E-state index is 10.7. The molecule has 5 heteroatoms. The summed E-state index contributed by atoms with van der Waals surface area (Å²) in [5.74, 6) is -2.12. The highest BCUT2D eigenvalue weighted by molar-refractivity contribution is 7.99. The molecule has 0 fully saturated rings. The van der Waals surface area contributed by atoms with Crippen molar-refractivity contribution in [2.45, 2.75) is 11.3 Å². The minimum atomic E-state index is -1.26. The molecule has 0 atom stereocenters. The summed E-state index contributed by atoms with van der Waals surface area (Å²) in [6.45, 7) is 0. The molecule has 0 spiro atoms. The largest absolute Gasteiger partial charge is 0.550 e. The predicted molar refractivity (Wildman–Crippen MR) is 51.1 cm³/mol. The molecule has 4 nitrogen and oxygen atoms in total. The number of carboxylic acids is 2. The Morgan fingerprint density at radius 1 is 1.20 bits per heavy atom. The fraction of sp³-hybridized carbons (Fsp3) is 0.200. The van der Waals surface area contributed by atoms with Crippen LogP contribution in [0.2, 0.25) is 0 Å². The van der Waals surface area contributed by atoms with E-state index in [4.69, 9.17) is 0 Å². The molecule has 15 heavy (non-hydrogen) atoms. The smallest absolute Gasteiger partial charge is 0.0726 e. The van der Waals surface area contributed by atoms with Crippen LogP contribution < -0.4 is 10.2 Å². The number of aliphatic carboxylic acids is 1. The molecule has 0 unspecified atom stereocenters. The molecule has 0 aliphatic rings. The Morgan fingerprint density at radius 3 is 2.47 bits per heavy atom. The zero-order valence-corrected chi connectivity index (χ0v) is 8.58. The Kier molecular flexibility index (Phi) is 4.17. The van der Waals surface area contributed by atoms with Crippen molar-refractivity contribution in [2.24, 2.45) is 0 Å². The summed E-state index contributed by atoms with van der Waals surface area (Å²) in [4.78, 5) is 21.3. The van der Waals surface area contributed by atoms with Gasteiger partial charge in [0.2, 0.25) is 0 Å². The summed E-state index contributed by atoms with van der Waals surface area (Å²) >= 11 is 1.16. The molecule has 1 rings (SSSR count). The molecule has 1 aromatic carbocycles. The quantitative estimate of drug-likeness (QED) is 0.617. The molecule has 0 aliphatic carbocycles. The minimum absolute atomic E-state index is 0.0841. The number of hydrogen-bond acceptors (Lipinski definition) is 5. The molecule has 0 bridgehead atoms. The molecule has 0 saturated carbocycles. The van der Waals surface area contributed by atoms with Gasteiger partial charge < -0.3 is 19.8 Å². The second kappa shape index (κ2) is 5.41. The zero-order chi connectivity index (χ0) is 11.3. The van der Waals surface area contributed by atoms with Crippen LogP contribution in [0.4, 0.5) is 0 Å². The van der Waals surface area contributed by atoms with Gasteiger partial charge in [0.15, 0.2) is 0 Å². The average Bonchev–Trinajstić information content (AvgIpc) is 2.17. The molecule has 0 heterocycles. The van der Waals surface area contributed by atoms with Gasteiger partial charge in [0.05, 0.1) is 5.97 Å². The lowest BCUT2D eigenvalue weighted by molar-refractivity contribution is -0.305. The van der Waals surface area contributed by atoms with Crippen molar-refractivity contribution in [1.29, 1.82) is 0 Å². The third-order valence-electron chi connectivity index (χ3n) is 1.67. The van der Waals surface area contributed by atoms with Crippen LogP contribution in [0.5, 0.6) is 0 Å². The van der Waals surface area contributed by atoms with Crippen molar-refractivity contribution in [2.75, 3.05) is 5.75 Å². The van der Waals surface area contributed by atoms with E-state index < -0.39 is 11.9 Å². The molecule has 0 radical (unpaired) electrons. The summed E-state index contributed by atoms with van der Waals surface area (Å²) in [7, 11) is 0. The van der Waals surface area contributed by atoms with Crippen LogP contribution in [-0.2, 0) is 4.79 Å². The van der Waals surface area contributed by atoms with E-state index in [2.05, 4.69) is 0 Å². The van der Waals surface area contributed by atoms with E-state index in [1.165, 1.54) is 6.07 Å². The predicted octanol–water partition coefficient (Wildman–Crippen LogP) is -0.718. The van der Waals surface area contributed by atoms with Crippen molar-refractivity contribution in [3.63, 3.8) is 0 Å². The van der Waals surface area contributed by atoms with Crippen LogP contribution >= 0.6 is 11.8 Å². The first-order valence-electron chi connectivity index (χ1n) is 4.24. The summed E-state index contributed by atoms with van der Waals surface area (Å²) in [5, 5.41) is 20.8. The van der Waals surface area contributed by atoms with Gasteiger partial charge in [0.1, 0.15) is 0 Å². The highest BCUT2D eigenvalue weighted by Gasteiger charge is 2.02. The van der Waals surface area contributed by atoms with Gasteiger partial charge in [-0.2, -0.15) is 0 Å². The van der Waals surface area contributed by atoms with Crippen molar-refractivity contribution in [3.8, 4) is 0 Å². The van der Waals surface area contributed by atoms with Gasteiger partial charge in [0, 0.05) is 22.2 Å². The van der Waals surface area contributed by atoms with E-state index in [0.717, 1.165) is 11.8 Å². The van der Waals surface area contributed by atoms with Crippen LogP contribution in [0.15, 0.2) is 29.2 Å². The Bertz CT molecular complexity index is 375. The standard InChI is InChI=1S/C10H10O4S/c11-9(12)5-6-15-8-4-2-1-3-7(8)10(13)14/h1-4H,5-6H2,(H,11,12)(H,13,14)/p-2. The van der Waals surface area contributed by atoms with Gasteiger partial charge in [-0.3, -0.25) is 0 Å². The molecule has 0 aromatic heterocycles. The van der Waals surface area contributed by atoms with Crippen LogP contribution in [0.1, 0.15) is 16.8 Å². The van der Waals surface area contributed by atoms with E-state index >= 15 is 0 Å². The highest BCUT2D eigenvalue weighted by atomic mass is 32.2. The number of carboxylic acid groups (broad SMARTS) is 2. The minimum Gasteiger partial charge on any atom is -0.550 e. The highest BCUT2D eigenvalue weighted by Crippen LogP contribution is 2.22. The van der Waals surface area contributed by atoms with Gasteiger partial charge in [-0.1, -0.05) is 18.2 Å². The summed E-state index contributed by atoms with van der Waals surface area (Å²) < 4.78 is 0. The summed E-state index contributed by atoms with van der Waals surface area (Å²) in [6.07, 6.45) is -0.105. The molecule has 0 amide bonds. The number of carbonyl (C=O) groups excluding carboxylic acids is 2. The Labute approximate surface area is 90.9 Å². The SMILES string of the molecule is O=C([O-])CCSc1ccccc1C(=O)[O-]. The van der Waals surface area contributed by atoms with Crippen molar-refractivity contribution < 1.29 is 19.8 Å². The van der Waals surface area contributed by atoms with E-state index in [0.29, 0.717) is 4.90 Å². The van der Waals surface area contributed by atoms with Crippen LogP contribution in [-0.4, -0.2) is 17.7 Å². The van der Waals surface area contributed by atoms with E-state index in [9.17, 15) is 19.8 Å². The Hall–Kier alpha value is -1.49. The van der Waals surface area contributed by atoms with Gasteiger partial charge in [-0.05, 0) is 12.5 Å². The molecule has 0 N–H and O–H groups in total. The van der Waals surface area contributed by atoms with Gasteiger partial charge in [0.25, 0.3) is 0 Å². The monoisotopic (exact) mass is 224 g/mol. The first-order valence-corrected chi connectivity index (χ1v) is 5.23. The van der Waals surface area contributed by atoms with Crippen LogP contribution in [0.25, 0.3) is 0 Å². The van der Waals surface area contributed by atoms with E-state index in [-0.39, 0.29) is 17.7 Å². The second-order valence-electron chi connectivity index (χ2n) is 2.75. The van der Waals surface area contributed by atoms with Crippen molar-refractivity contribution in [1.82, 2.24) is 0 Å². The lowest BCUT2D eigenvalue weighted by Crippen LogP contribution is -2.23. The van der Waals surface area contributed by atoms with Crippen molar-refractivity contribution in [3.05, 3.63) is 29.8 Å². The first kappa shape index (κ1) is 11.6. The van der Waals surface area contributed by atoms with Crippen molar-refractivity contribution >= 4 is 23.7 Å². The Balaban J connectivity index is 2.67. The average molecular weight is 224 g/mol. The molecular formula is C10H8O4S-2. The number of thioether (sulfide) groups is 1. The number of aromatic carboxylic acids is 1. The maximum Gasteiger partial charge on any atom is 0.0726 e. The fourth-order valence-electron chi connectivity index (χ4n) is 1.01. The fourth-order valence-corrected chi connectivity index (χ4v) is 1.98. The molecule has 80 valence electrons. The number of carbonyl (C=O) groups is 2. The van der Waals surface area contributed by atoms with E-state index in [1.807, 2.05) is 0 Å². The summed E-state index contributed by atoms with van der Waals surface area (Å²) in [6, 6.07) is 6.32. The molecule has 1 aromatic rings. The number of benzene rings is 1.